The molecule has 0 radical (unpaired) electrons. The van der Waals surface area contributed by atoms with E-state index in [1.807, 2.05) is 6.92 Å². The van der Waals surface area contributed by atoms with E-state index in [-0.39, 0.29) is 18.3 Å². The van der Waals surface area contributed by atoms with Gasteiger partial charge in [0.25, 0.3) is 0 Å². The van der Waals surface area contributed by atoms with Crippen molar-refractivity contribution in [1.29, 1.82) is 0 Å². The highest BCUT2D eigenvalue weighted by atomic mass is 79.9. The van der Waals surface area contributed by atoms with Crippen LogP contribution in [0.25, 0.3) is 0 Å². The molecule has 2 nitrogen and oxygen atoms in total. The van der Waals surface area contributed by atoms with Gasteiger partial charge in [-0.2, -0.15) is 0 Å². The molecule has 1 aromatic carbocycles. The van der Waals surface area contributed by atoms with Crippen molar-refractivity contribution in [3.63, 3.8) is 0 Å². The molecule has 0 aromatic heterocycles. The van der Waals surface area contributed by atoms with Gasteiger partial charge in [-0.3, -0.25) is 0 Å². The first-order valence-electron chi connectivity index (χ1n) is 4.89. The molecule has 0 heterocycles. The highest BCUT2D eigenvalue weighted by Crippen LogP contribution is 2.17. The van der Waals surface area contributed by atoms with E-state index in [1.54, 1.807) is 6.07 Å². The number of rotatable bonds is 5. The van der Waals surface area contributed by atoms with Gasteiger partial charge < -0.3 is 10.4 Å². The molecule has 0 saturated heterocycles. The van der Waals surface area contributed by atoms with Crippen LogP contribution in [0.5, 0.6) is 0 Å². The molecule has 0 spiro atoms. The van der Waals surface area contributed by atoms with Crippen LogP contribution in [0, 0.1) is 11.7 Å². The molecule has 0 saturated carbocycles. The molecule has 1 unspecified atom stereocenters. The van der Waals surface area contributed by atoms with E-state index >= 15 is 0 Å². The standard InChI is InChI=1S/C11H15BrFNO/c1-8(7-15)5-14-6-9-4-10(13)2-3-11(9)12/h2-4,8,14-15H,5-7H2,1H3. The Morgan fingerprint density at radius 2 is 2.27 bits per heavy atom. The van der Waals surface area contributed by atoms with Crippen LogP contribution in [0.3, 0.4) is 0 Å². The Hall–Kier alpha value is -0.450. The van der Waals surface area contributed by atoms with Gasteiger partial charge in [-0.1, -0.05) is 22.9 Å². The summed E-state index contributed by atoms with van der Waals surface area (Å²) >= 11 is 3.36. The smallest absolute Gasteiger partial charge is 0.123 e. The van der Waals surface area contributed by atoms with Crippen molar-refractivity contribution in [2.75, 3.05) is 13.2 Å². The Kier molecular flexibility index (Phi) is 5.22. The normalized spacial score (nSPS) is 12.8. The number of benzene rings is 1. The van der Waals surface area contributed by atoms with Gasteiger partial charge in [-0.05, 0) is 29.7 Å². The second-order valence-corrected chi connectivity index (χ2v) is 4.51. The Bertz CT molecular complexity index is 319. The minimum atomic E-state index is -0.231. The largest absolute Gasteiger partial charge is 0.396 e. The van der Waals surface area contributed by atoms with E-state index in [9.17, 15) is 4.39 Å². The first-order chi connectivity index (χ1) is 7.13. The van der Waals surface area contributed by atoms with Gasteiger partial charge >= 0.3 is 0 Å². The zero-order chi connectivity index (χ0) is 11.3. The quantitative estimate of drug-likeness (QED) is 0.865. The second-order valence-electron chi connectivity index (χ2n) is 3.65. The monoisotopic (exact) mass is 275 g/mol. The summed E-state index contributed by atoms with van der Waals surface area (Å²) in [6.45, 7) is 3.44. The molecule has 84 valence electrons. The molecule has 0 aliphatic rings. The van der Waals surface area contributed by atoms with Crippen LogP contribution in [0.15, 0.2) is 22.7 Å². The molecule has 0 amide bonds. The Morgan fingerprint density at radius 3 is 2.93 bits per heavy atom. The molecule has 1 aromatic rings. The van der Waals surface area contributed by atoms with Gasteiger partial charge in [0.15, 0.2) is 0 Å². The maximum absolute atomic E-state index is 12.9. The van der Waals surface area contributed by atoms with E-state index < -0.39 is 0 Å². The lowest BCUT2D eigenvalue weighted by Gasteiger charge is -2.10. The van der Waals surface area contributed by atoms with Crippen LogP contribution in [0.4, 0.5) is 4.39 Å². The SMILES string of the molecule is CC(CO)CNCc1cc(F)ccc1Br. The lowest BCUT2D eigenvalue weighted by Crippen LogP contribution is -2.22. The van der Waals surface area contributed by atoms with Gasteiger partial charge in [0.2, 0.25) is 0 Å². The van der Waals surface area contributed by atoms with E-state index in [2.05, 4.69) is 21.2 Å². The second kappa shape index (κ2) is 6.20. The third-order valence-electron chi connectivity index (χ3n) is 2.13. The predicted octanol–water partition coefficient (Wildman–Crippen LogP) is 2.31. The van der Waals surface area contributed by atoms with E-state index in [1.165, 1.54) is 12.1 Å². The average Bonchev–Trinajstić information content (AvgIpc) is 2.23. The molecular weight excluding hydrogens is 261 g/mol. The van der Waals surface area contributed by atoms with E-state index in [0.29, 0.717) is 6.54 Å². The predicted molar refractivity (Wildman–Crippen MR) is 62.1 cm³/mol. The summed E-state index contributed by atoms with van der Waals surface area (Å²) in [5.74, 6) is -0.0115. The third kappa shape index (κ3) is 4.28. The van der Waals surface area contributed by atoms with Crippen molar-refractivity contribution in [3.8, 4) is 0 Å². The van der Waals surface area contributed by atoms with Crippen LogP contribution in [0.2, 0.25) is 0 Å². The Balaban J connectivity index is 2.46. The summed E-state index contributed by atoms with van der Waals surface area (Å²) in [5, 5.41) is 12.0. The van der Waals surface area contributed by atoms with Gasteiger partial charge in [0, 0.05) is 24.2 Å². The van der Waals surface area contributed by atoms with Gasteiger partial charge in [-0.15, -0.1) is 0 Å². The first-order valence-corrected chi connectivity index (χ1v) is 5.68. The highest BCUT2D eigenvalue weighted by Gasteiger charge is 2.03. The minimum Gasteiger partial charge on any atom is -0.396 e. The minimum absolute atomic E-state index is 0.164. The van der Waals surface area contributed by atoms with Crippen LogP contribution in [-0.4, -0.2) is 18.3 Å². The summed E-state index contributed by atoms with van der Waals surface area (Å²) in [7, 11) is 0. The fraction of sp³-hybridized carbons (Fsp3) is 0.455. The number of aliphatic hydroxyl groups is 1. The average molecular weight is 276 g/mol. The summed E-state index contributed by atoms with van der Waals surface area (Å²) in [4.78, 5) is 0. The van der Waals surface area contributed by atoms with Crippen molar-refractivity contribution in [2.45, 2.75) is 13.5 Å². The molecule has 2 N–H and O–H groups in total. The fourth-order valence-electron chi connectivity index (χ4n) is 1.20. The molecule has 0 fully saturated rings. The molecule has 0 aliphatic carbocycles. The fourth-order valence-corrected chi connectivity index (χ4v) is 1.58. The van der Waals surface area contributed by atoms with Gasteiger partial charge in [-0.25, -0.2) is 4.39 Å². The molecule has 1 rings (SSSR count). The third-order valence-corrected chi connectivity index (χ3v) is 2.90. The molecule has 4 heteroatoms. The van der Waals surface area contributed by atoms with Crippen LogP contribution in [-0.2, 0) is 6.54 Å². The Morgan fingerprint density at radius 1 is 1.53 bits per heavy atom. The van der Waals surface area contributed by atoms with E-state index in [4.69, 9.17) is 5.11 Å². The molecule has 1 atom stereocenters. The summed E-state index contributed by atoms with van der Waals surface area (Å²) < 4.78 is 13.8. The molecular formula is C11H15BrFNO. The summed E-state index contributed by atoms with van der Waals surface area (Å²) in [6.07, 6.45) is 0. The van der Waals surface area contributed by atoms with Crippen LogP contribution >= 0.6 is 15.9 Å². The topological polar surface area (TPSA) is 32.3 Å². The first kappa shape index (κ1) is 12.6. The summed E-state index contributed by atoms with van der Waals surface area (Å²) in [5.41, 5.74) is 0.889. The van der Waals surface area contributed by atoms with Crippen LogP contribution in [0.1, 0.15) is 12.5 Å². The zero-order valence-electron chi connectivity index (χ0n) is 8.63. The van der Waals surface area contributed by atoms with E-state index in [0.717, 1.165) is 16.6 Å². The number of hydrogen-bond acceptors (Lipinski definition) is 2. The maximum Gasteiger partial charge on any atom is 0.123 e. The zero-order valence-corrected chi connectivity index (χ0v) is 10.2. The lowest BCUT2D eigenvalue weighted by atomic mass is 10.2. The van der Waals surface area contributed by atoms with Crippen molar-refractivity contribution in [3.05, 3.63) is 34.1 Å². The number of halogens is 2. The van der Waals surface area contributed by atoms with Crippen molar-refractivity contribution < 1.29 is 9.50 Å². The highest BCUT2D eigenvalue weighted by molar-refractivity contribution is 9.10. The van der Waals surface area contributed by atoms with Crippen molar-refractivity contribution in [1.82, 2.24) is 5.32 Å². The van der Waals surface area contributed by atoms with Crippen molar-refractivity contribution >= 4 is 15.9 Å². The maximum atomic E-state index is 12.9. The Labute approximate surface area is 97.6 Å². The molecule has 0 aliphatic heterocycles. The lowest BCUT2D eigenvalue weighted by molar-refractivity contribution is 0.233. The molecule has 0 bridgehead atoms. The molecule has 15 heavy (non-hydrogen) atoms. The van der Waals surface area contributed by atoms with Gasteiger partial charge in [0.1, 0.15) is 5.82 Å². The van der Waals surface area contributed by atoms with Crippen LogP contribution < -0.4 is 5.32 Å². The number of nitrogens with one attached hydrogen (secondary N) is 1. The summed E-state index contributed by atoms with van der Waals surface area (Å²) in [6, 6.07) is 4.62. The van der Waals surface area contributed by atoms with Gasteiger partial charge in [0.05, 0.1) is 0 Å². The number of aliphatic hydroxyl groups excluding tert-OH is 1. The number of hydrogen-bond donors (Lipinski definition) is 2. The van der Waals surface area contributed by atoms with Crippen molar-refractivity contribution in [2.24, 2.45) is 5.92 Å².